The minimum absolute atomic E-state index is 0.903. The molecule has 3 aromatic heterocycles. The van der Waals surface area contributed by atoms with E-state index in [1.165, 1.54) is 5.56 Å². The van der Waals surface area contributed by atoms with Crippen molar-refractivity contribution in [2.24, 2.45) is 0 Å². The fourth-order valence-electron chi connectivity index (χ4n) is 7.34. The van der Waals surface area contributed by atoms with Gasteiger partial charge in [0, 0.05) is 44.3 Å². The summed E-state index contributed by atoms with van der Waals surface area (Å²) in [6, 6.07) is 49.1. The number of hydrogen-bond acceptors (Lipinski definition) is 2. The van der Waals surface area contributed by atoms with E-state index in [1.54, 1.807) is 0 Å². The molecule has 0 aliphatic carbocycles. The maximum absolute atomic E-state index is 5.41. The molecule has 4 heteroatoms. The number of aromatic nitrogens is 4. The van der Waals surface area contributed by atoms with Crippen LogP contribution in [0.4, 0.5) is 0 Å². The van der Waals surface area contributed by atoms with Crippen molar-refractivity contribution >= 4 is 46.4 Å². The SMILES string of the molecule is C=CCCc1ccc(-c2c3nc(c(-c4ccccc4)c4ccc([nH]4)c(-c4ccccc4)c4nc(c(-c5ccccc5)c5ccc2[nH]5)C=C4)C=C3)cc1. The highest BCUT2D eigenvalue weighted by atomic mass is 14.8. The lowest BCUT2D eigenvalue weighted by molar-refractivity contribution is 1.00. The zero-order chi connectivity index (χ0) is 34.9. The van der Waals surface area contributed by atoms with E-state index >= 15 is 0 Å². The van der Waals surface area contributed by atoms with E-state index in [1.807, 2.05) is 6.08 Å². The first kappa shape index (κ1) is 31.2. The number of hydrogen-bond donors (Lipinski definition) is 2. The van der Waals surface area contributed by atoms with Crippen LogP contribution in [0.25, 0.3) is 90.9 Å². The van der Waals surface area contributed by atoms with Gasteiger partial charge in [-0.3, -0.25) is 0 Å². The van der Waals surface area contributed by atoms with Crippen LogP contribution in [0.5, 0.6) is 0 Å². The molecule has 248 valence electrons. The van der Waals surface area contributed by atoms with Gasteiger partial charge in [-0.05, 0) is 89.2 Å². The number of nitrogens with one attached hydrogen (secondary N) is 2. The smallest absolute Gasteiger partial charge is 0.0737 e. The van der Waals surface area contributed by atoms with Crippen LogP contribution in [-0.2, 0) is 6.42 Å². The topological polar surface area (TPSA) is 57.4 Å². The summed E-state index contributed by atoms with van der Waals surface area (Å²) >= 11 is 0. The Morgan fingerprint density at radius 2 is 0.731 bits per heavy atom. The lowest BCUT2D eigenvalue weighted by Gasteiger charge is -2.07. The van der Waals surface area contributed by atoms with Crippen molar-refractivity contribution in [3.8, 4) is 44.5 Å². The largest absolute Gasteiger partial charge is 0.354 e. The van der Waals surface area contributed by atoms with Gasteiger partial charge in [0.25, 0.3) is 0 Å². The van der Waals surface area contributed by atoms with Gasteiger partial charge in [0.2, 0.25) is 0 Å². The van der Waals surface area contributed by atoms with Gasteiger partial charge in [0.05, 0.1) is 22.8 Å². The van der Waals surface area contributed by atoms with Crippen molar-refractivity contribution in [2.75, 3.05) is 0 Å². The zero-order valence-electron chi connectivity index (χ0n) is 28.7. The average molecular weight is 669 g/mol. The maximum atomic E-state index is 5.41. The molecule has 52 heavy (non-hydrogen) atoms. The Morgan fingerprint density at radius 1 is 0.404 bits per heavy atom. The van der Waals surface area contributed by atoms with Crippen molar-refractivity contribution in [1.82, 2.24) is 19.9 Å². The van der Waals surface area contributed by atoms with Crippen LogP contribution < -0.4 is 0 Å². The Labute approximate surface area is 303 Å². The first-order valence-electron chi connectivity index (χ1n) is 17.8. The monoisotopic (exact) mass is 668 g/mol. The summed E-state index contributed by atoms with van der Waals surface area (Å²) in [5.74, 6) is 0. The number of fused-ring (bicyclic) bond motifs is 8. The van der Waals surface area contributed by atoms with E-state index < -0.39 is 0 Å². The Kier molecular flexibility index (Phi) is 8.11. The van der Waals surface area contributed by atoms with E-state index in [4.69, 9.17) is 9.97 Å². The number of nitrogens with zero attached hydrogens (tertiary/aromatic N) is 2. The van der Waals surface area contributed by atoms with E-state index in [0.29, 0.717) is 0 Å². The molecular weight excluding hydrogens is 633 g/mol. The Balaban J connectivity index is 1.43. The second-order valence-electron chi connectivity index (χ2n) is 13.1. The quantitative estimate of drug-likeness (QED) is 0.166. The van der Waals surface area contributed by atoms with Crippen LogP contribution in [0.1, 0.15) is 34.8 Å². The predicted octanol–water partition coefficient (Wildman–Crippen LogP) is 12.4. The number of H-pyrrole nitrogens is 2. The van der Waals surface area contributed by atoms with Gasteiger partial charge >= 0.3 is 0 Å². The third-order valence-corrected chi connectivity index (χ3v) is 9.82. The van der Waals surface area contributed by atoms with Crippen LogP contribution in [0.2, 0.25) is 0 Å². The van der Waals surface area contributed by atoms with Crippen molar-refractivity contribution < 1.29 is 0 Å². The molecule has 7 aromatic rings. The molecule has 4 nitrogen and oxygen atoms in total. The first-order valence-corrected chi connectivity index (χ1v) is 17.8. The summed E-state index contributed by atoms with van der Waals surface area (Å²) in [6.07, 6.45) is 12.5. The van der Waals surface area contributed by atoms with Gasteiger partial charge in [-0.15, -0.1) is 6.58 Å². The number of aryl methyl sites for hydroxylation is 1. The molecule has 0 atom stereocenters. The van der Waals surface area contributed by atoms with Crippen LogP contribution in [0.3, 0.4) is 0 Å². The minimum atomic E-state index is 0.903. The fraction of sp³-hybridized carbons (Fsp3) is 0.0417. The number of aromatic amines is 2. The molecule has 9 rings (SSSR count). The van der Waals surface area contributed by atoms with E-state index in [2.05, 4.69) is 180 Å². The summed E-state index contributed by atoms with van der Waals surface area (Å²) < 4.78 is 0. The Morgan fingerprint density at radius 3 is 1.06 bits per heavy atom. The fourth-order valence-corrected chi connectivity index (χ4v) is 7.34. The molecule has 0 radical (unpaired) electrons. The molecule has 2 aliphatic heterocycles. The molecule has 4 aromatic carbocycles. The van der Waals surface area contributed by atoms with Gasteiger partial charge < -0.3 is 9.97 Å². The van der Waals surface area contributed by atoms with E-state index in [9.17, 15) is 0 Å². The van der Waals surface area contributed by atoms with E-state index in [0.717, 1.165) is 102 Å². The number of rotatable bonds is 7. The molecule has 0 saturated carbocycles. The highest BCUT2D eigenvalue weighted by Gasteiger charge is 2.18. The van der Waals surface area contributed by atoms with Crippen LogP contribution in [-0.4, -0.2) is 19.9 Å². The lowest BCUT2D eigenvalue weighted by Crippen LogP contribution is -1.90. The van der Waals surface area contributed by atoms with Crippen molar-refractivity contribution in [2.45, 2.75) is 12.8 Å². The van der Waals surface area contributed by atoms with Gasteiger partial charge in [-0.1, -0.05) is 121 Å². The van der Waals surface area contributed by atoms with Crippen LogP contribution in [0, 0.1) is 0 Å². The lowest BCUT2D eigenvalue weighted by atomic mass is 10.0. The summed E-state index contributed by atoms with van der Waals surface area (Å²) in [5.41, 5.74) is 17.4. The molecule has 0 unspecified atom stereocenters. The molecule has 5 heterocycles. The molecule has 0 amide bonds. The summed E-state index contributed by atoms with van der Waals surface area (Å²) in [6.45, 7) is 3.91. The highest BCUT2D eigenvalue weighted by molar-refractivity contribution is 5.99. The summed E-state index contributed by atoms with van der Waals surface area (Å²) in [5, 5.41) is 0. The maximum Gasteiger partial charge on any atom is 0.0737 e. The van der Waals surface area contributed by atoms with E-state index in [-0.39, 0.29) is 0 Å². The Bertz CT molecular complexity index is 2620. The predicted molar refractivity (Wildman–Crippen MR) is 219 cm³/mol. The third-order valence-electron chi connectivity index (χ3n) is 9.82. The van der Waals surface area contributed by atoms with Gasteiger partial charge in [-0.2, -0.15) is 0 Å². The zero-order valence-corrected chi connectivity index (χ0v) is 28.7. The van der Waals surface area contributed by atoms with Gasteiger partial charge in [-0.25, -0.2) is 9.97 Å². The van der Waals surface area contributed by atoms with Crippen molar-refractivity contribution in [3.05, 3.63) is 181 Å². The summed E-state index contributed by atoms with van der Waals surface area (Å²) in [7, 11) is 0. The highest BCUT2D eigenvalue weighted by Crippen LogP contribution is 2.38. The molecule has 2 aliphatic rings. The molecule has 8 bridgehead atoms. The number of allylic oxidation sites excluding steroid dienone is 1. The Hall–Kier alpha value is -6.78. The second kappa shape index (κ2) is 13.5. The van der Waals surface area contributed by atoms with Crippen LogP contribution in [0.15, 0.2) is 152 Å². The number of benzene rings is 4. The average Bonchev–Trinajstić information content (AvgIpc) is 4.04. The standard InChI is InChI=1S/C48H36N4/c1-2-3-13-32-20-22-36(23-21-32)48-43-30-28-41(51-43)46(34-16-9-5-10-17-34)39-26-24-37(49-39)45(33-14-7-4-8-15-33)38-25-27-40(50-38)47(35-18-11-6-12-19-35)42-29-31-44(48)52-42/h2,4-12,14-31,49,52H,1,3,13H2. The normalized spacial score (nSPS) is 11.9. The molecule has 2 N–H and O–H groups in total. The van der Waals surface area contributed by atoms with Crippen LogP contribution >= 0.6 is 0 Å². The molecular formula is C48H36N4. The molecule has 0 fully saturated rings. The van der Waals surface area contributed by atoms with Gasteiger partial charge in [0.1, 0.15) is 0 Å². The molecule has 0 saturated heterocycles. The first-order chi connectivity index (χ1) is 25.7. The van der Waals surface area contributed by atoms with Crippen molar-refractivity contribution in [3.63, 3.8) is 0 Å². The molecule has 0 spiro atoms. The minimum Gasteiger partial charge on any atom is -0.354 e. The summed E-state index contributed by atoms with van der Waals surface area (Å²) in [4.78, 5) is 18.4. The van der Waals surface area contributed by atoms with Crippen molar-refractivity contribution in [1.29, 1.82) is 0 Å². The van der Waals surface area contributed by atoms with Gasteiger partial charge in [0.15, 0.2) is 0 Å². The third kappa shape index (κ3) is 5.80. The second-order valence-corrected chi connectivity index (χ2v) is 13.1.